The molecule has 4 N–H and O–H groups in total. The molecule has 0 saturated carbocycles. The molecule has 0 spiro atoms. The average molecular weight is 614 g/mol. The van der Waals surface area contributed by atoms with Gasteiger partial charge in [-0.05, 0) is 51.5 Å². The van der Waals surface area contributed by atoms with E-state index in [2.05, 4.69) is 10.6 Å². The molecule has 2 bridgehead atoms. The zero-order chi connectivity index (χ0) is 33.1. The summed E-state index contributed by atoms with van der Waals surface area (Å²) < 4.78 is 15.9. The molecule has 1 aliphatic carbocycles. The van der Waals surface area contributed by atoms with Crippen LogP contribution in [0.5, 0.6) is 0 Å². The van der Waals surface area contributed by atoms with Crippen molar-refractivity contribution in [2.75, 3.05) is 13.7 Å². The minimum Gasteiger partial charge on any atom is -0.450 e. The lowest BCUT2D eigenvalue weighted by molar-refractivity contribution is -0.132. The topological polar surface area (TPSA) is 180 Å². The molecule has 0 saturated heterocycles. The van der Waals surface area contributed by atoms with Gasteiger partial charge in [-0.3, -0.25) is 24.5 Å². The number of amides is 3. The number of carbonyl (C=O) groups is 6. The second-order valence-corrected chi connectivity index (χ2v) is 10.9. The first kappa shape index (κ1) is 35.9. The molecule has 0 aromatic carbocycles. The Labute approximate surface area is 257 Å². The number of fused-ring (bicyclic) bond motifs is 2. The number of hydrogen-bond acceptors (Lipinski definition) is 9. The Kier molecular flexibility index (Phi) is 13.5. The van der Waals surface area contributed by atoms with E-state index in [0.29, 0.717) is 12.0 Å². The van der Waals surface area contributed by atoms with E-state index in [0.717, 1.165) is 6.08 Å². The van der Waals surface area contributed by atoms with Crippen LogP contribution in [0.3, 0.4) is 0 Å². The summed E-state index contributed by atoms with van der Waals surface area (Å²) in [7, 11) is 1.40. The number of Topliss-reactive ketones (excluding diaryl/α,β-unsaturated/α-hetero) is 2. The number of rotatable bonds is 5. The molecule has 5 atom stereocenters. The molecule has 0 aromatic rings. The summed E-state index contributed by atoms with van der Waals surface area (Å²) in [4.78, 5) is 77.2. The van der Waals surface area contributed by atoms with Crippen LogP contribution in [0.25, 0.3) is 0 Å². The zero-order valence-electron chi connectivity index (χ0n) is 26.4. The van der Waals surface area contributed by atoms with Crippen LogP contribution in [0.1, 0.15) is 60.8 Å². The van der Waals surface area contributed by atoms with Gasteiger partial charge in [-0.25, -0.2) is 9.59 Å². The number of primary amides is 1. The van der Waals surface area contributed by atoms with Gasteiger partial charge in [0.2, 0.25) is 11.6 Å². The molecule has 2 rings (SSSR count). The maximum Gasteiger partial charge on any atom is 0.411 e. The highest BCUT2D eigenvalue weighted by Gasteiger charge is 2.34. The van der Waals surface area contributed by atoms with Crippen LogP contribution < -0.4 is 16.4 Å². The third kappa shape index (κ3) is 9.60. The number of ether oxygens (including phenoxy) is 3. The molecule has 1 heterocycles. The Balaban J connectivity index is 2.65. The lowest BCUT2D eigenvalue weighted by Crippen LogP contribution is -2.38. The number of allylic oxidation sites excluding steroid dienone is 5. The smallest absolute Gasteiger partial charge is 0.411 e. The summed E-state index contributed by atoms with van der Waals surface area (Å²) in [6, 6.07) is 0. The van der Waals surface area contributed by atoms with Gasteiger partial charge >= 0.3 is 12.2 Å². The standard InChI is InChI=1S/C32H43N3O9/c1-8-21-12-10-11-18(4)30(39)34-23-16-24(36)26(35-32(41)43-9-2)22(28(23)38)13-17(3)14-25(42-7)27(37)19(5)15-20(6)29(21)44-31(33)40/h10-12,15-17,19,21,25,29H,8-9,13-14H2,1-7H3,(H2,33,40)(H,34,39)(H,35,41)/b12-10-,18-11+,20-15+/t17-,19+,21+,25+,29+/m1/s1. The summed E-state index contributed by atoms with van der Waals surface area (Å²) in [5.74, 6) is -3.56. The predicted molar refractivity (Wildman–Crippen MR) is 162 cm³/mol. The number of alkyl carbamates (subject to hydrolysis) is 1. The van der Waals surface area contributed by atoms with Crippen molar-refractivity contribution in [1.29, 1.82) is 0 Å². The quantitative estimate of drug-likeness (QED) is 0.308. The molecular weight excluding hydrogens is 570 g/mol. The van der Waals surface area contributed by atoms with Gasteiger partial charge in [0.15, 0.2) is 5.78 Å². The third-order valence-electron chi connectivity index (χ3n) is 7.44. The Morgan fingerprint density at radius 3 is 2.39 bits per heavy atom. The summed E-state index contributed by atoms with van der Waals surface area (Å²) in [6.45, 7) is 10.3. The highest BCUT2D eigenvalue weighted by Crippen LogP contribution is 2.28. The van der Waals surface area contributed by atoms with E-state index in [1.54, 1.807) is 45.9 Å². The van der Waals surface area contributed by atoms with Gasteiger partial charge in [0.05, 0.1) is 18.0 Å². The molecule has 3 amide bonds. The van der Waals surface area contributed by atoms with E-state index >= 15 is 0 Å². The summed E-state index contributed by atoms with van der Waals surface area (Å²) in [5.41, 5.74) is 5.68. The van der Waals surface area contributed by atoms with Crippen molar-refractivity contribution in [3.63, 3.8) is 0 Å². The molecule has 0 unspecified atom stereocenters. The summed E-state index contributed by atoms with van der Waals surface area (Å²) in [5, 5.41) is 4.87. The number of methoxy groups -OCH3 is 1. The molecule has 1 aliphatic heterocycles. The number of nitrogens with one attached hydrogen (secondary N) is 2. The van der Waals surface area contributed by atoms with E-state index in [1.807, 2.05) is 6.92 Å². The normalized spacial score (nSPS) is 29.0. The largest absolute Gasteiger partial charge is 0.450 e. The Morgan fingerprint density at radius 1 is 1.11 bits per heavy atom. The van der Waals surface area contributed by atoms with Crippen LogP contribution >= 0.6 is 0 Å². The number of carbonyl (C=O) groups excluding carboxylic acids is 6. The molecular formula is C32H43N3O9. The van der Waals surface area contributed by atoms with Crippen molar-refractivity contribution in [1.82, 2.24) is 10.6 Å². The first-order chi connectivity index (χ1) is 20.7. The summed E-state index contributed by atoms with van der Waals surface area (Å²) >= 11 is 0. The Hall–Kier alpha value is -4.32. The molecule has 2 aliphatic rings. The Bertz CT molecular complexity index is 1320. The lowest BCUT2D eigenvalue weighted by Gasteiger charge is -2.26. The molecule has 0 fully saturated rings. The van der Waals surface area contributed by atoms with Gasteiger partial charge < -0.3 is 25.3 Å². The SMILES string of the molecule is CCOC(=O)NC1=C2C[C@@H](C)C[C@H](OC)C(=O)[C@@H](C)/C=C(\C)[C@H](OC(N)=O)[C@@H](CC)/C=C\C=C(/C)C(=O)NC(=CC1=O)C2=O. The maximum atomic E-state index is 13.6. The predicted octanol–water partition coefficient (Wildman–Crippen LogP) is 3.73. The Morgan fingerprint density at radius 2 is 1.80 bits per heavy atom. The van der Waals surface area contributed by atoms with Crippen molar-refractivity contribution in [3.8, 4) is 0 Å². The molecule has 240 valence electrons. The van der Waals surface area contributed by atoms with Crippen molar-refractivity contribution in [2.45, 2.75) is 73.0 Å². The van der Waals surface area contributed by atoms with Crippen LogP contribution in [0.4, 0.5) is 9.59 Å². The van der Waals surface area contributed by atoms with Crippen molar-refractivity contribution in [2.24, 2.45) is 23.5 Å². The van der Waals surface area contributed by atoms with Crippen LogP contribution in [-0.2, 0) is 33.4 Å². The number of nitrogens with two attached hydrogens (primary N) is 1. The summed E-state index contributed by atoms with van der Waals surface area (Å²) in [6.07, 6.45) is 4.75. The fourth-order valence-electron chi connectivity index (χ4n) is 5.11. The average Bonchev–Trinajstić information content (AvgIpc) is 2.96. The molecule has 0 radical (unpaired) electrons. The first-order valence-electron chi connectivity index (χ1n) is 14.6. The van der Waals surface area contributed by atoms with Gasteiger partial charge in [0, 0.05) is 36.2 Å². The van der Waals surface area contributed by atoms with Crippen molar-refractivity contribution >= 4 is 35.4 Å². The van der Waals surface area contributed by atoms with E-state index in [4.69, 9.17) is 19.9 Å². The van der Waals surface area contributed by atoms with Gasteiger partial charge in [-0.1, -0.05) is 45.1 Å². The van der Waals surface area contributed by atoms with Gasteiger partial charge in [0.1, 0.15) is 12.2 Å². The maximum absolute atomic E-state index is 13.6. The molecule has 44 heavy (non-hydrogen) atoms. The monoisotopic (exact) mass is 613 g/mol. The van der Waals surface area contributed by atoms with Crippen LogP contribution in [0.15, 0.2) is 58.5 Å². The fourth-order valence-corrected chi connectivity index (χ4v) is 5.11. The highest BCUT2D eigenvalue weighted by atomic mass is 16.6. The van der Waals surface area contributed by atoms with Crippen molar-refractivity contribution in [3.05, 3.63) is 58.5 Å². The second-order valence-electron chi connectivity index (χ2n) is 10.9. The van der Waals surface area contributed by atoms with E-state index in [1.165, 1.54) is 20.1 Å². The van der Waals surface area contributed by atoms with Crippen LogP contribution in [-0.4, -0.2) is 61.4 Å². The third-order valence-corrected chi connectivity index (χ3v) is 7.44. The van der Waals surface area contributed by atoms with Gasteiger partial charge in [0.25, 0.3) is 5.91 Å². The second kappa shape index (κ2) is 16.5. The van der Waals surface area contributed by atoms with E-state index in [-0.39, 0.29) is 59.6 Å². The van der Waals surface area contributed by atoms with E-state index < -0.39 is 47.8 Å². The lowest BCUT2D eigenvalue weighted by atomic mass is 9.85. The highest BCUT2D eigenvalue weighted by molar-refractivity contribution is 6.24. The number of ketones is 3. The van der Waals surface area contributed by atoms with Gasteiger partial charge in [-0.2, -0.15) is 0 Å². The van der Waals surface area contributed by atoms with Crippen LogP contribution in [0.2, 0.25) is 0 Å². The molecule has 12 nitrogen and oxygen atoms in total. The first-order valence-corrected chi connectivity index (χ1v) is 14.6. The number of hydrogen-bond donors (Lipinski definition) is 3. The van der Waals surface area contributed by atoms with Gasteiger partial charge in [-0.15, -0.1) is 0 Å². The zero-order valence-corrected chi connectivity index (χ0v) is 26.4. The van der Waals surface area contributed by atoms with Crippen LogP contribution in [0, 0.1) is 17.8 Å². The molecule has 12 heteroatoms. The fraction of sp³-hybridized carbons (Fsp3) is 0.500. The minimum atomic E-state index is -0.966. The minimum absolute atomic E-state index is 0.0137. The molecule has 0 aromatic heterocycles. The van der Waals surface area contributed by atoms with Crippen molar-refractivity contribution < 1.29 is 43.0 Å². The van der Waals surface area contributed by atoms with E-state index in [9.17, 15) is 28.8 Å².